The number of benzene rings is 1. The standard InChI is InChI=1S/C18H29N3O2S2/c1-5-6-7-8-13(2)12-19-18(24)21-20-17(22)15-10-9-14(25-4)11-16(15)23-3/h9-11,13H,5-8,12H2,1-4H3,(H,20,22)(H2,19,21,24)/t13-/m1/s1. The summed E-state index contributed by atoms with van der Waals surface area (Å²) in [6.45, 7) is 5.19. The Hall–Kier alpha value is -1.47. The molecule has 1 amide bonds. The fourth-order valence-corrected chi connectivity index (χ4v) is 2.89. The third-order valence-electron chi connectivity index (χ3n) is 3.85. The zero-order valence-electron chi connectivity index (χ0n) is 15.5. The van der Waals surface area contributed by atoms with Crippen molar-refractivity contribution in [2.75, 3.05) is 19.9 Å². The number of hydrogen-bond acceptors (Lipinski definition) is 4. The maximum absolute atomic E-state index is 12.3. The lowest BCUT2D eigenvalue weighted by atomic mass is 10.0. The smallest absolute Gasteiger partial charge is 0.273 e. The molecule has 0 aliphatic carbocycles. The number of methoxy groups -OCH3 is 1. The summed E-state index contributed by atoms with van der Waals surface area (Å²) in [6, 6.07) is 5.47. The van der Waals surface area contributed by atoms with Crippen LogP contribution in [0.3, 0.4) is 0 Å². The van der Waals surface area contributed by atoms with Crippen molar-refractivity contribution >= 4 is 35.0 Å². The van der Waals surface area contributed by atoms with E-state index in [-0.39, 0.29) is 5.91 Å². The molecule has 25 heavy (non-hydrogen) atoms. The first-order valence-corrected chi connectivity index (χ1v) is 10.2. The summed E-state index contributed by atoms with van der Waals surface area (Å²) in [6.07, 6.45) is 6.88. The van der Waals surface area contributed by atoms with Crippen LogP contribution in [0.1, 0.15) is 49.9 Å². The molecule has 5 nitrogen and oxygen atoms in total. The Balaban J connectivity index is 2.42. The van der Waals surface area contributed by atoms with Gasteiger partial charge in [-0.3, -0.25) is 15.6 Å². The summed E-state index contributed by atoms with van der Waals surface area (Å²) in [4.78, 5) is 13.3. The van der Waals surface area contributed by atoms with Crippen molar-refractivity contribution < 1.29 is 9.53 Å². The van der Waals surface area contributed by atoms with Crippen LogP contribution in [0.5, 0.6) is 5.75 Å². The number of thiocarbonyl (C=S) groups is 1. The van der Waals surface area contributed by atoms with Gasteiger partial charge in [0.25, 0.3) is 5.91 Å². The molecule has 7 heteroatoms. The van der Waals surface area contributed by atoms with Crippen LogP contribution >= 0.6 is 24.0 Å². The predicted molar refractivity (Wildman–Crippen MR) is 109 cm³/mol. The molecular formula is C18H29N3O2S2. The summed E-state index contributed by atoms with van der Waals surface area (Å²) in [5.41, 5.74) is 5.81. The Morgan fingerprint density at radius 2 is 2.08 bits per heavy atom. The van der Waals surface area contributed by atoms with Crippen molar-refractivity contribution in [3.63, 3.8) is 0 Å². The summed E-state index contributed by atoms with van der Waals surface area (Å²) in [5.74, 6) is 0.792. The first kappa shape index (κ1) is 21.6. The third-order valence-corrected chi connectivity index (χ3v) is 4.83. The number of hydrazine groups is 1. The second kappa shape index (κ2) is 12.0. The van der Waals surface area contributed by atoms with Crippen LogP contribution in [0.15, 0.2) is 23.1 Å². The summed E-state index contributed by atoms with van der Waals surface area (Å²) in [7, 11) is 1.55. The number of hydrogen-bond donors (Lipinski definition) is 3. The largest absolute Gasteiger partial charge is 0.496 e. The van der Waals surface area contributed by atoms with E-state index in [1.54, 1.807) is 24.9 Å². The van der Waals surface area contributed by atoms with Gasteiger partial charge in [0.2, 0.25) is 0 Å². The third kappa shape index (κ3) is 7.96. The molecule has 0 spiro atoms. The second-order valence-electron chi connectivity index (χ2n) is 5.96. The van der Waals surface area contributed by atoms with Crippen molar-refractivity contribution in [1.29, 1.82) is 0 Å². The lowest BCUT2D eigenvalue weighted by Gasteiger charge is -2.16. The molecule has 1 aromatic rings. The topological polar surface area (TPSA) is 62.4 Å². The minimum atomic E-state index is -0.287. The molecule has 0 aliphatic heterocycles. The van der Waals surface area contributed by atoms with Crippen molar-refractivity contribution in [2.45, 2.75) is 44.4 Å². The SMILES string of the molecule is CCCCC[C@@H](C)CNC(=S)NNC(=O)c1ccc(SC)cc1OC. The number of rotatable bonds is 9. The van der Waals surface area contributed by atoms with E-state index in [4.69, 9.17) is 17.0 Å². The molecule has 3 N–H and O–H groups in total. The molecule has 0 aliphatic rings. The molecule has 0 radical (unpaired) electrons. The van der Waals surface area contributed by atoms with Gasteiger partial charge in [-0.1, -0.05) is 33.1 Å². The van der Waals surface area contributed by atoms with Crippen molar-refractivity contribution in [3.8, 4) is 5.75 Å². The van der Waals surface area contributed by atoms with E-state index in [0.717, 1.165) is 11.4 Å². The van der Waals surface area contributed by atoms with Gasteiger partial charge in [0, 0.05) is 11.4 Å². The van der Waals surface area contributed by atoms with Gasteiger partial charge in [-0.05, 0) is 49.0 Å². The molecule has 1 atom stereocenters. The molecule has 0 fully saturated rings. The molecule has 140 valence electrons. The number of nitrogens with one attached hydrogen (secondary N) is 3. The van der Waals surface area contributed by atoms with Crippen LogP contribution in [0, 0.1) is 5.92 Å². The van der Waals surface area contributed by atoms with Crippen LogP contribution in [0.4, 0.5) is 0 Å². The van der Waals surface area contributed by atoms with Gasteiger partial charge in [-0.25, -0.2) is 0 Å². The van der Waals surface area contributed by atoms with Crippen LogP contribution in [0.2, 0.25) is 0 Å². The number of unbranched alkanes of at least 4 members (excludes halogenated alkanes) is 2. The molecular weight excluding hydrogens is 354 g/mol. The Kier molecular flexibility index (Phi) is 10.3. The van der Waals surface area contributed by atoms with E-state index in [2.05, 4.69) is 30.0 Å². The monoisotopic (exact) mass is 383 g/mol. The van der Waals surface area contributed by atoms with Gasteiger partial charge in [0.05, 0.1) is 12.7 Å². The van der Waals surface area contributed by atoms with Crippen LogP contribution in [0.25, 0.3) is 0 Å². The first-order valence-electron chi connectivity index (χ1n) is 8.58. The molecule has 1 rings (SSSR count). The van der Waals surface area contributed by atoms with Gasteiger partial charge in [-0.15, -0.1) is 11.8 Å². The number of carbonyl (C=O) groups excluding carboxylic acids is 1. The van der Waals surface area contributed by atoms with E-state index in [0.29, 0.717) is 22.3 Å². The summed E-state index contributed by atoms with van der Waals surface area (Å²) in [5, 5.41) is 3.55. The fraction of sp³-hybridized carbons (Fsp3) is 0.556. The molecule has 0 unspecified atom stereocenters. The highest BCUT2D eigenvalue weighted by Gasteiger charge is 2.13. The summed E-state index contributed by atoms with van der Waals surface area (Å²) >= 11 is 6.80. The number of ether oxygens (including phenoxy) is 1. The van der Waals surface area contributed by atoms with Crippen LogP contribution in [-0.4, -0.2) is 30.9 Å². The lowest BCUT2D eigenvalue weighted by molar-refractivity contribution is 0.0940. The minimum absolute atomic E-state index is 0.287. The maximum atomic E-state index is 12.3. The van der Waals surface area contributed by atoms with Crippen molar-refractivity contribution in [1.82, 2.24) is 16.2 Å². The Morgan fingerprint density at radius 1 is 1.32 bits per heavy atom. The first-order chi connectivity index (χ1) is 12.0. The Bertz CT molecular complexity index is 567. The van der Waals surface area contributed by atoms with E-state index in [1.807, 2.05) is 18.4 Å². The zero-order valence-corrected chi connectivity index (χ0v) is 17.1. The van der Waals surface area contributed by atoms with Crippen LogP contribution < -0.4 is 20.9 Å². The Morgan fingerprint density at radius 3 is 2.72 bits per heavy atom. The van der Waals surface area contributed by atoms with Gasteiger partial charge in [-0.2, -0.15) is 0 Å². The highest BCUT2D eigenvalue weighted by molar-refractivity contribution is 7.98. The van der Waals surface area contributed by atoms with Gasteiger partial charge < -0.3 is 10.1 Å². The Labute approximate surface area is 160 Å². The minimum Gasteiger partial charge on any atom is -0.496 e. The molecule has 0 aromatic heterocycles. The van der Waals surface area contributed by atoms with Crippen molar-refractivity contribution in [2.24, 2.45) is 5.92 Å². The normalized spacial score (nSPS) is 11.5. The quantitative estimate of drug-likeness (QED) is 0.261. The molecule has 0 heterocycles. The van der Waals surface area contributed by atoms with E-state index in [9.17, 15) is 4.79 Å². The molecule has 1 aromatic carbocycles. The second-order valence-corrected chi connectivity index (χ2v) is 7.24. The van der Waals surface area contributed by atoms with E-state index in [1.165, 1.54) is 25.7 Å². The average molecular weight is 384 g/mol. The van der Waals surface area contributed by atoms with Gasteiger partial charge in [0.1, 0.15) is 5.75 Å². The average Bonchev–Trinajstić information content (AvgIpc) is 2.63. The maximum Gasteiger partial charge on any atom is 0.273 e. The molecule has 0 saturated carbocycles. The lowest BCUT2D eigenvalue weighted by Crippen LogP contribution is -2.47. The fourth-order valence-electron chi connectivity index (χ4n) is 2.32. The van der Waals surface area contributed by atoms with E-state index >= 15 is 0 Å². The van der Waals surface area contributed by atoms with Gasteiger partial charge >= 0.3 is 0 Å². The zero-order chi connectivity index (χ0) is 18.7. The molecule has 0 saturated heterocycles. The van der Waals surface area contributed by atoms with Crippen LogP contribution in [-0.2, 0) is 0 Å². The number of thioether (sulfide) groups is 1. The molecule has 0 bridgehead atoms. The van der Waals surface area contributed by atoms with E-state index < -0.39 is 0 Å². The summed E-state index contributed by atoms with van der Waals surface area (Å²) < 4.78 is 5.29. The highest BCUT2D eigenvalue weighted by Crippen LogP contribution is 2.25. The predicted octanol–water partition coefficient (Wildman–Crippen LogP) is 3.74. The van der Waals surface area contributed by atoms with Gasteiger partial charge in [0.15, 0.2) is 5.11 Å². The highest BCUT2D eigenvalue weighted by atomic mass is 32.2. The number of amides is 1. The van der Waals surface area contributed by atoms with Crippen molar-refractivity contribution in [3.05, 3.63) is 23.8 Å². The number of carbonyl (C=O) groups is 1.